The Bertz CT molecular complexity index is 1130. The largest absolute Gasteiger partial charge is 0.478 e. The molecule has 1 aromatic heterocycles. The van der Waals surface area contributed by atoms with Crippen molar-refractivity contribution in [3.8, 4) is 0 Å². The molecule has 2 N–H and O–H groups in total. The van der Waals surface area contributed by atoms with Gasteiger partial charge in [0.05, 0.1) is 17.8 Å². The Kier molecular flexibility index (Phi) is 5.66. The van der Waals surface area contributed by atoms with Gasteiger partial charge in [0.1, 0.15) is 5.82 Å². The maximum Gasteiger partial charge on any atom is 0.337 e. The number of carboxylic acid groups (broad SMARTS) is 1. The molecule has 6 heteroatoms. The zero-order valence-electron chi connectivity index (χ0n) is 16.1. The molecule has 0 amide bonds. The fraction of sp³-hybridized carbons (Fsp3) is 0.0417. The van der Waals surface area contributed by atoms with E-state index in [1.54, 1.807) is 36.5 Å². The van der Waals surface area contributed by atoms with E-state index in [0.717, 1.165) is 11.3 Å². The number of aromatic carboxylic acids is 1. The Morgan fingerprint density at radius 1 is 0.867 bits per heavy atom. The predicted octanol–water partition coefficient (Wildman–Crippen LogP) is 5.26. The average molecular weight is 396 g/mol. The van der Waals surface area contributed by atoms with Crippen LogP contribution in [0.5, 0.6) is 0 Å². The van der Waals surface area contributed by atoms with Gasteiger partial charge in [0.15, 0.2) is 0 Å². The molecule has 0 atom stereocenters. The fourth-order valence-corrected chi connectivity index (χ4v) is 3.12. The number of anilines is 4. The van der Waals surface area contributed by atoms with Crippen LogP contribution in [0.25, 0.3) is 0 Å². The molecular weight excluding hydrogens is 376 g/mol. The highest BCUT2D eigenvalue weighted by molar-refractivity contribution is 5.95. The van der Waals surface area contributed by atoms with Crippen molar-refractivity contribution in [1.29, 1.82) is 0 Å². The van der Waals surface area contributed by atoms with E-state index < -0.39 is 5.97 Å². The maximum absolute atomic E-state index is 11.5. The first-order chi connectivity index (χ1) is 14.7. The van der Waals surface area contributed by atoms with Crippen LogP contribution < -0.4 is 10.2 Å². The number of para-hydroxylation sites is 2. The lowest BCUT2D eigenvalue weighted by Gasteiger charge is -2.23. The molecular formula is C24H20N4O2. The second-order valence-electron chi connectivity index (χ2n) is 6.62. The van der Waals surface area contributed by atoms with Crippen molar-refractivity contribution in [3.05, 3.63) is 108 Å². The van der Waals surface area contributed by atoms with Crippen molar-refractivity contribution >= 4 is 29.1 Å². The van der Waals surface area contributed by atoms with Gasteiger partial charge in [0.25, 0.3) is 0 Å². The highest BCUT2D eigenvalue weighted by atomic mass is 16.4. The summed E-state index contributed by atoms with van der Waals surface area (Å²) in [6, 6.07) is 28.5. The number of carboxylic acids is 1. The summed E-state index contributed by atoms with van der Waals surface area (Å²) in [4.78, 5) is 22.6. The Morgan fingerprint density at radius 2 is 1.53 bits per heavy atom. The maximum atomic E-state index is 11.5. The van der Waals surface area contributed by atoms with Gasteiger partial charge < -0.3 is 15.3 Å². The minimum atomic E-state index is -0.998. The zero-order chi connectivity index (χ0) is 20.8. The first kappa shape index (κ1) is 19.1. The summed E-state index contributed by atoms with van der Waals surface area (Å²) >= 11 is 0. The molecule has 4 rings (SSSR count). The van der Waals surface area contributed by atoms with Crippen molar-refractivity contribution in [2.24, 2.45) is 0 Å². The number of rotatable bonds is 7. The third kappa shape index (κ3) is 4.44. The van der Waals surface area contributed by atoms with Crippen molar-refractivity contribution in [1.82, 2.24) is 9.97 Å². The molecule has 3 aromatic carbocycles. The van der Waals surface area contributed by atoms with Crippen LogP contribution in [0.15, 0.2) is 97.2 Å². The molecule has 0 spiro atoms. The second kappa shape index (κ2) is 8.87. The summed E-state index contributed by atoms with van der Waals surface area (Å²) in [5.74, 6) is 0.0351. The monoisotopic (exact) mass is 396 g/mol. The number of nitrogens with one attached hydrogen (secondary N) is 1. The smallest absolute Gasteiger partial charge is 0.337 e. The molecule has 0 saturated carbocycles. The summed E-state index contributed by atoms with van der Waals surface area (Å²) in [5, 5.41) is 12.5. The Morgan fingerprint density at radius 3 is 2.27 bits per heavy atom. The quantitative estimate of drug-likeness (QED) is 0.444. The lowest BCUT2D eigenvalue weighted by molar-refractivity contribution is 0.0698. The zero-order valence-corrected chi connectivity index (χ0v) is 16.1. The lowest BCUT2D eigenvalue weighted by atomic mass is 10.2. The minimum Gasteiger partial charge on any atom is -0.478 e. The van der Waals surface area contributed by atoms with Crippen molar-refractivity contribution in [3.63, 3.8) is 0 Å². The van der Waals surface area contributed by atoms with E-state index in [0.29, 0.717) is 24.0 Å². The number of aromatic nitrogens is 2. The van der Waals surface area contributed by atoms with E-state index in [-0.39, 0.29) is 5.56 Å². The van der Waals surface area contributed by atoms with E-state index in [1.165, 1.54) is 0 Å². The Balaban J connectivity index is 1.68. The molecule has 0 aliphatic heterocycles. The van der Waals surface area contributed by atoms with Crippen LogP contribution in [0, 0.1) is 0 Å². The van der Waals surface area contributed by atoms with Gasteiger partial charge in [-0.2, -0.15) is 4.98 Å². The van der Waals surface area contributed by atoms with Crippen LogP contribution in [0.1, 0.15) is 15.9 Å². The molecule has 1 heterocycles. The molecule has 30 heavy (non-hydrogen) atoms. The molecule has 0 aliphatic rings. The average Bonchev–Trinajstić information content (AvgIpc) is 2.79. The SMILES string of the molecule is O=C(O)c1ccccc1Nc1ccnc(N(Cc2ccccc2)c2ccccc2)n1. The third-order valence-corrected chi connectivity index (χ3v) is 4.56. The van der Waals surface area contributed by atoms with Gasteiger partial charge in [0.2, 0.25) is 5.95 Å². The van der Waals surface area contributed by atoms with Gasteiger partial charge in [-0.3, -0.25) is 0 Å². The van der Waals surface area contributed by atoms with E-state index in [1.807, 2.05) is 53.4 Å². The molecule has 4 aromatic rings. The molecule has 0 unspecified atom stereocenters. The van der Waals surface area contributed by atoms with Crippen molar-refractivity contribution in [2.45, 2.75) is 6.54 Å². The topological polar surface area (TPSA) is 78.3 Å². The molecule has 0 aliphatic carbocycles. The summed E-state index contributed by atoms with van der Waals surface area (Å²) < 4.78 is 0. The van der Waals surface area contributed by atoms with Crippen LogP contribution in [-0.2, 0) is 6.54 Å². The van der Waals surface area contributed by atoms with Gasteiger partial charge in [-0.25, -0.2) is 9.78 Å². The summed E-state index contributed by atoms with van der Waals surface area (Å²) in [5.41, 5.74) is 2.75. The van der Waals surface area contributed by atoms with Crippen molar-refractivity contribution < 1.29 is 9.90 Å². The van der Waals surface area contributed by atoms with Crippen LogP contribution in [-0.4, -0.2) is 21.0 Å². The lowest BCUT2D eigenvalue weighted by Crippen LogP contribution is -2.19. The van der Waals surface area contributed by atoms with Gasteiger partial charge in [0, 0.05) is 11.9 Å². The molecule has 148 valence electrons. The number of benzene rings is 3. The van der Waals surface area contributed by atoms with Crippen molar-refractivity contribution in [2.75, 3.05) is 10.2 Å². The van der Waals surface area contributed by atoms with E-state index in [4.69, 9.17) is 0 Å². The second-order valence-corrected chi connectivity index (χ2v) is 6.62. The van der Waals surface area contributed by atoms with Crippen LogP contribution in [0.3, 0.4) is 0 Å². The molecule has 0 radical (unpaired) electrons. The normalized spacial score (nSPS) is 10.4. The van der Waals surface area contributed by atoms with Gasteiger partial charge in [-0.1, -0.05) is 60.7 Å². The highest BCUT2D eigenvalue weighted by Crippen LogP contribution is 2.26. The van der Waals surface area contributed by atoms with E-state index >= 15 is 0 Å². The van der Waals surface area contributed by atoms with Gasteiger partial charge >= 0.3 is 5.97 Å². The molecule has 0 bridgehead atoms. The summed E-state index contributed by atoms with van der Waals surface area (Å²) in [6.07, 6.45) is 1.66. The Hall–Kier alpha value is -4.19. The van der Waals surface area contributed by atoms with Gasteiger partial charge in [-0.15, -0.1) is 0 Å². The van der Waals surface area contributed by atoms with E-state index in [2.05, 4.69) is 27.4 Å². The third-order valence-electron chi connectivity index (χ3n) is 4.56. The standard InChI is InChI=1S/C24H20N4O2/c29-23(30)20-13-7-8-14-21(20)26-22-15-16-25-24(27-22)28(19-11-5-2-6-12-19)17-18-9-3-1-4-10-18/h1-16H,17H2,(H,29,30)(H,25,26,27). The van der Waals surface area contributed by atoms with E-state index in [9.17, 15) is 9.90 Å². The summed E-state index contributed by atoms with van der Waals surface area (Å²) in [7, 11) is 0. The first-order valence-corrected chi connectivity index (χ1v) is 9.49. The fourth-order valence-electron chi connectivity index (χ4n) is 3.12. The summed E-state index contributed by atoms with van der Waals surface area (Å²) in [6.45, 7) is 0.597. The number of nitrogens with zero attached hydrogens (tertiary/aromatic N) is 3. The molecule has 0 saturated heterocycles. The molecule has 0 fully saturated rings. The predicted molar refractivity (Wildman–Crippen MR) is 117 cm³/mol. The highest BCUT2D eigenvalue weighted by Gasteiger charge is 2.15. The first-order valence-electron chi connectivity index (χ1n) is 9.49. The Labute approximate surface area is 174 Å². The van der Waals surface area contributed by atoms with Gasteiger partial charge in [-0.05, 0) is 35.9 Å². The number of hydrogen-bond acceptors (Lipinski definition) is 5. The number of carbonyl (C=O) groups is 1. The molecule has 6 nitrogen and oxygen atoms in total. The minimum absolute atomic E-state index is 0.182. The van der Waals surface area contributed by atoms with Crippen LogP contribution in [0.4, 0.5) is 23.1 Å². The van der Waals surface area contributed by atoms with Crippen LogP contribution in [0.2, 0.25) is 0 Å². The van der Waals surface area contributed by atoms with Crippen LogP contribution >= 0.6 is 0 Å². The number of hydrogen-bond donors (Lipinski definition) is 2.